The molecule has 1 aromatic carbocycles. The summed E-state index contributed by atoms with van der Waals surface area (Å²) in [6, 6.07) is 5.31. The number of hydrogen-bond acceptors (Lipinski definition) is 2. The molecule has 0 aliphatic heterocycles. The highest BCUT2D eigenvalue weighted by Crippen LogP contribution is 2.20. The predicted octanol–water partition coefficient (Wildman–Crippen LogP) is 4.04. The molecule has 0 amide bonds. The molecule has 0 bridgehead atoms. The summed E-state index contributed by atoms with van der Waals surface area (Å²) in [7, 11) is 0. The minimum absolute atomic E-state index is 0.265. The van der Waals surface area contributed by atoms with Gasteiger partial charge in [-0.05, 0) is 57.4 Å². The SMILES string of the molecule is [N-]=[N+]=NCc1cc(I)cc(N=[N+]=[N-])c1. The molecule has 14 heavy (non-hydrogen) atoms. The van der Waals surface area contributed by atoms with Gasteiger partial charge in [0.1, 0.15) is 0 Å². The second-order valence-corrected chi connectivity index (χ2v) is 3.64. The third-order valence-corrected chi connectivity index (χ3v) is 2.04. The van der Waals surface area contributed by atoms with Gasteiger partial charge in [0.2, 0.25) is 0 Å². The van der Waals surface area contributed by atoms with Crippen LogP contribution in [0.1, 0.15) is 5.56 Å². The van der Waals surface area contributed by atoms with Gasteiger partial charge in [-0.3, -0.25) is 0 Å². The van der Waals surface area contributed by atoms with Gasteiger partial charge in [-0.2, -0.15) is 0 Å². The van der Waals surface area contributed by atoms with Gasteiger partial charge in [-0.1, -0.05) is 10.2 Å². The fourth-order valence-electron chi connectivity index (χ4n) is 0.947. The Kier molecular flexibility index (Phi) is 4.06. The van der Waals surface area contributed by atoms with Crippen molar-refractivity contribution in [3.8, 4) is 0 Å². The van der Waals surface area contributed by atoms with Crippen molar-refractivity contribution in [2.24, 2.45) is 10.2 Å². The summed E-state index contributed by atoms with van der Waals surface area (Å²) in [5, 5.41) is 6.90. The van der Waals surface area contributed by atoms with E-state index in [0.717, 1.165) is 9.13 Å². The molecule has 1 aromatic rings. The van der Waals surface area contributed by atoms with Crippen LogP contribution >= 0.6 is 22.6 Å². The molecule has 1 rings (SSSR count). The van der Waals surface area contributed by atoms with Gasteiger partial charge in [-0.15, -0.1) is 0 Å². The van der Waals surface area contributed by atoms with Crippen molar-refractivity contribution in [1.82, 2.24) is 0 Å². The highest BCUT2D eigenvalue weighted by Gasteiger charge is 1.96. The first-order chi connectivity index (χ1) is 6.76. The molecule has 0 aromatic heterocycles. The van der Waals surface area contributed by atoms with E-state index in [1.54, 1.807) is 12.1 Å². The molecule has 0 aliphatic rings. The number of hydrogen-bond donors (Lipinski definition) is 0. The Bertz CT molecular complexity index is 430. The summed E-state index contributed by atoms with van der Waals surface area (Å²) in [6.07, 6.45) is 0. The molecule has 0 N–H and O–H groups in total. The van der Waals surface area contributed by atoms with Crippen LogP contribution in [0.25, 0.3) is 20.9 Å². The molecule has 0 spiro atoms. The molecule has 0 fully saturated rings. The van der Waals surface area contributed by atoms with Crippen LogP contribution < -0.4 is 0 Å². The lowest BCUT2D eigenvalue weighted by molar-refractivity contribution is 1.04. The molecule has 0 atom stereocenters. The largest absolute Gasteiger partial charge is 0.0893 e. The Hall–Kier alpha value is -1.43. The van der Waals surface area contributed by atoms with Crippen LogP contribution in [0, 0.1) is 3.57 Å². The Balaban J connectivity index is 3.05. The van der Waals surface area contributed by atoms with Crippen LogP contribution in [0.2, 0.25) is 0 Å². The molecule has 0 saturated heterocycles. The standard InChI is InChI=1S/C7H5IN6/c8-6-1-5(4-11-13-9)2-7(3-6)12-14-10/h1-3H,4H2. The Morgan fingerprint density at radius 1 is 1.21 bits per heavy atom. The van der Waals surface area contributed by atoms with Crippen molar-refractivity contribution in [3.05, 3.63) is 48.2 Å². The van der Waals surface area contributed by atoms with E-state index >= 15 is 0 Å². The van der Waals surface area contributed by atoms with E-state index in [9.17, 15) is 0 Å². The maximum absolute atomic E-state index is 8.25. The van der Waals surface area contributed by atoms with E-state index in [1.165, 1.54) is 0 Å². The molecular formula is C7H5IN6. The minimum atomic E-state index is 0.265. The van der Waals surface area contributed by atoms with Crippen LogP contribution in [0.3, 0.4) is 0 Å². The van der Waals surface area contributed by atoms with Crippen LogP contribution in [0.15, 0.2) is 28.4 Å². The zero-order chi connectivity index (χ0) is 10.4. The first-order valence-corrected chi connectivity index (χ1v) is 4.69. The van der Waals surface area contributed by atoms with Gasteiger partial charge in [0.25, 0.3) is 0 Å². The van der Waals surface area contributed by atoms with Crippen molar-refractivity contribution < 1.29 is 0 Å². The van der Waals surface area contributed by atoms with E-state index in [4.69, 9.17) is 11.1 Å². The maximum atomic E-state index is 8.25. The molecule has 0 unspecified atom stereocenters. The maximum Gasteiger partial charge on any atom is 0.0511 e. The van der Waals surface area contributed by atoms with Crippen molar-refractivity contribution in [2.45, 2.75) is 6.54 Å². The van der Waals surface area contributed by atoms with E-state index in [-0.39, 0.29) is 6.54 Å². The average molecular weight is 300 g/mol. The topological polar surface area (TPSA) is 97.5 Å². The third-order valence-electron chi connectivity index (χ3n) is 1.42. The third kappa shape index (κ3) is 3.14. The quantitative estimate of drug-likeness (QED) is 0.348. The zero-order valence-corrected chi connectivity index (χ0v) is 9.16. The van der Waals surface area contributed by atoms with Crippen LogP contribution in [-0.4, -0.2) is 0 Å². The zero-order valence-electron chi connectivity index (χ0n) is 7.00. The minimum Gasteiger partial charge on any atom is -0.0893 e. The highest BCUT2D eigenvalue weighted by atomic mass is 127. The molecule has 7 heteroatoms. The van der Waals surface area contributed by atoms with Crippen molar-refractivity contribution >= 4 is 28.3 Å². The van der Waals surface area contributed by atoms with Gasteiger partial charge >= 0.3 is 0 Å². The molecule has 0 saturated carbocycles. The normalized spacial score (nSPS) is 8.64. The summed E-state index contributed by atoms with van der Waals surface area (Å²) < 4.78 is 0.940. The Morgan fingerprint density at radius 3 is 2.64 bits per heavy atom. The number of azide groups is 2. The number of benzene rings is 1. The first kappa shape index (κ1) is 10.6. The van der Waals surface area contributed by atoms with E-state index in [2.05, 4.69) is 42.6 Å². The van der Waals surface area contributed by atoms with Crippen molar-refractivity contribution in [2.75, 3.05) is 0 Å². The van der Waals surface area contributed by atoms with Gasteiger partial charge in [0, 0.05) is 19.1 Å². The molecule has 0 radical (unpaired) electrons. The molecule has 0 aliphatic carbocycles. The number of nitrogens with zero attached hydrogens (tertiary/aromatic N) is 6. The first-order valence-electron chi connectivity index (χ1n) is 3.61. The van der Waals surface area contributed by atoms with Crippen LogP contribution in [0.5, 0.6) is 0 Å². The predicted molar refractivity (Wildman–Crippen MR) is 60.8 cm³/mol. The second kappa shape index (κ2) is 5.33. The Morgan fingerprint density at radius 2 is 2.00 bits per heavy atom. The summed E-state index contributed by atoms with van der Waals surface area (Å²) in [5.41, 5.74) is 17.8. The smallest absolute Gasteiger partial charge is 0.0511 e. The fourth-order valence-corrected chi connectivity index (χ4v) is 1.67. The summed E-state index contributed by atoms with van der Waals surface area (Å²) in [4.78, 5) is 5.34. The second-order valence-electron chi connectivity index (χ2n) is 2.40. The van der Waals surface area contributed by atoms with Crippen LogP contribution in [-0.2, 0) is 6.54 Å². The lowest BCUT2D eigenvalue weighted by Crippen LogP contribution is -1.81. The van der Waals surface area contributed by atoms with E-state index < -0.39 is 0 Å². The average Bonchev–Trinajstić information content (AvgIpc) is 2.14. The summed E-state index contributed by atoms with van der Waals surface area (Å²) >= 11 is 2.10. The lowest BCUT2D eigenvalue weighted by Gasteiger charge is -1.99. The van der Waals surface area contributed by atoms with Gasteiger partial charge in [0.05, 0.1) is 6.54 Å². The monoisotopic (exact) mass is 300 g/mol. The molecule has 0 heterocycles. The summed E-state index contributed by atoms with van der Waals surface area (Å²) in [6.45, 7) is 0.265. The molecule has 6 nitrogen and oxygen atoms in total. The van der Waals surface area contributed by atoms with E-state index in [1.807, 2.05) is 6.07 Å². The van der Waals surface area contributed by atoms with Crippen molar-refractivity contribution in [1.29, 1.82) is 0 Å². The van der Waals surface area contributed by atoms with E-state index in [0.29, 0.717) is 5.69 Å². The molecular weight excluding hydrogens is 295 g/mol. The van der Waals surface area contributed by atoms with Crippen LogP contribution in [0.4, 0.5) is 5.69 Å². The van der Waals surface area contributed by atoms with Gasteiger partial charge in [-0.25, -0.2) is 0 Å². The number of halogens is 1. The van der Waals surface area contributed by atoms with Gasteiger partial charge in [0.15, 0.2) is 0 Å². The van der Waals surface area contributed by atoms with Gasteiger partial charge < -0.3 is 0 Å². The van der Waals surface area contributed by atoms with Crippen molar-refractivity contribution in [3.63, 3.8) is 0 Å². The number of rotatable bonds is 3. The Labute approximate surface area is 93.3 Å². The lowest BCUT2D eigenvalue weighted by atomic mass is 10.2. The highest BCUT2D eigenvalue weighted by molar-refractivity contribution is 14.1. The summed E-state index contributed by atoms with van der Waals surface area (Å²) in [5.74, 6) is 0. The fraction of sp³-hybridized carbons (Fsp3) is 0.143. The molecule has 70 valence electrons.